The number of sulfonamides is 1. The van der Waals surface area contributed by atoms with Gasteiger partial charge in [0.2, 0.25) is 21.7 Å². The maximum atomic E-state index is 12.6. The molecule has 148 valence electrons. The van der Waals surface area contributed by atoms with E-state index in [1.165, 1.54) is 6.26 Å². The molecule has 1 N–H and O–H groups in total. The second-order valence-electron chi connectivity index (χ2n) is 6.67. The Hall–Kier alpha value is -3.39. The van der Waals surface area contributed by atoms with Gasteiger partial charge in [-0.05, 0) is 36.2 Å². The van der Waals surface area contributed by atoms with Crippen LogP contribution in [0.3, 0.4) is 0 Å². The third-order valence-electron chi connectivity index (χ3n) is 4.31. The standard InChI is InChI=1S/C21H19N3O4S/c1-15-8-10-16(11-9-15)14-29(25,26)24-18-6-3-2-5-17(18)13-20-22-21(23-28-20)19-7-4-12-27-19/h2-12,24H,13-14H2,1H3. The summed E-state index contributed by atoms with van der Waals surface area (Å²) < 4.78 is 38.5. The van der Waals surface area contributed by atoms with Crippen molar-refractivity contribution in [1.82, 2.24) is 10.1 Å². The first-order valence-corrected chi connectivity index (χ1v) is 10.6. The zero-order valence-electron chi connectivity index (χ0n) is 15.7. The molecule has 0 atom stereocenters. The Bertz CT molecular complexity index is 1200. The number of anilines is 1. The maximum Gasteiger partial charge on any atom is 0.238 e. The molecule has 0 aliphatic heterocycles. The van der Waals surface area contributed by atoms with Crippen molar-refractivity contribution in [3.05, 3.63) is 89.5 Å². The summed E-state index contributed by atoms with van der Waals surface area (Å²) in [5.74, 6) is 1.11. The summed E-state index contributed by atoms with van der Waals surface area (Å²) in [5, 5.41) is 3.90. The second kappa shape index (κ2) is 7.92. The predicted molar refractivity (Wildman–Crippen MR) is 109 cm³/mol. The predicted octanol–water partition coefficient (Wildman–Crippen LogP) is 4.17. The lowest BCUT2D eigenvalue weighted by Crippen LogP contribution is -2.16. The van der Waals surface area contributed by atoms with E-state index in [4.69, 9.17) is 8.94 Å². The lowest BCUT2D eigenvalue weighted by molar-refractivity contribution is 0.384. The Kier molecular flexibility index (Phi) is 5.18. The van der Waals surface area contributed by atoms with Gasteiger partial charge < -0.3 is 8.94 Å². The number of hydrogen-bond donors (Lipinski definition) is 1. The molecule has 0 spiro atoms. The number of nitrogens with one attached hydrogen (secondary N) is 1. The molecule has 2 aromatic carbocycles. The van der Waals surface area contributed by atoms with Crippen molar-refractivity contribution in [3.63, 3.8) is 0 Å². The van der Waals surface area contributed by atoms with Crippen molar-refractivity contribution >= 4 is 15.7 Å². The van der Waals surface area contributed by atoms with E-state index >= 15 is 0 Å². The monoisotopic (exact) mass is 409 g/mol. The molecule has 2 heterocycles. The van der Waals surface area contributed by atoms with Crippen molar-refractivity contribution in [3.8, 4) is 11.6 Å². The topological polar surface area (TPSA) is 98.2 Å². The van der Waals surface area contributed by atoms with Crippen LogP contribution in [0.15, 0.2) is 75.9 Å². The first-order valence-electron chi connectivity index (χ1n) is 8.99. The Morgan fingerprint density at radius 3 is 2.55 bits per heavy atom. The highest BCUT2D eigenvalue weighted by molar-refractivity contribution is 7.91. The summed E-state index contributed by atoms with van der Waals surface area (Å²) in [7, 11) is -3.58. The lowest BCUT2D eigenvalue weighted by atomic mass is 10.1. The normalized spacial score (nSPS) is 11.5. The smallest absolute Gasteiger partial charge is 0.238 e. The van der Waals surface area contributed by atoms with E-state index in [1.807, 2.05) is 43.3 Å². The quantitative estimate of drug-likeness (QED) is 0.492. The van der Waals surface area contributed by atoms with Crippen molar-refractivity contribution in [2.24, 2.45) is 0 Å². The first-order chi connectivity index (χ1) is 14.0. The minimum atomic E-state index is -3.58. The van der Waals surface area contributed by atoms with Crippen molar-refractivity contribution in [1.29, 1.82) is 0 Å². The van der Waals surface area contributed by atoms with E-state index in [0.717, 1.165) is 16.7 Å². The Labute approximate surface area is 168 Å². The van der Waals surface area contributed by atoms with Gasteiger partial charge in [0.25, 0.3) is 0 Å². The van der Waals surface area contributed by atoms with Gasteiger partial charge >= 0.3 is 0 Å². The third-order valence-corrected chi connectivity index (χ3v) is 5.56. The van der Waals surface area contributed by atoms with Crippen LogP contribution in [0.25, 0.3) is 11.6 Å². The van der Waals surface area contributed by atoms with Crippen molar-refractivity contribution < 1.29 is 17.4 Å². The molecule has 2 aromatic heterocycles. The van der Waals surface area contributed by atoms with E-state index < -0.39 is 10.0 Å². The summed E-state index contributed by atoms with van der Waals surface area (Å²) in [6, 6.07) is 18.0. The number of hydrogen-bond acceptors (Lipinski definition) is 6. The molecule has 4 rings (SSSR count). The Balaban J connectivity index is 1.51. The summed E-state index contributed by atoms with van der Waals surface area (Å²) in [4.78, 5) is 4.31. The molecule has 0 bridgehead atoms. The van der Waals surface area contributed by atoms with Crippen LogP contribution in [-0.4, -0.2) is 18.6 Å². The van der Waals surface area contributed by atoms with Gasteiger partial charge in [0.1, 0.15) is 0 Å². The van der Waals surface area contributed by atoms with Crippen LogP contribution >= 0.6 is 0 Å². The molecule has 0 saturated carbocycles. The highest BCUT2D eigenvalue weighted by Gasteiger charge is 2.16. The minimum absolute atomic E-state index is 0.106. The number of furan rings is 1. The molecule has 0 unspecified atom stereocenters. The highest BCUT2D eigenvalue weighted by Crippen LogP contribution is 2.23. The Morgan fingerprint density at radius 2 is 1.79 bits per heavy atom. The molecule has 0 aliphatic rings. The van der Waals surface area contributed by atoms with Crippen molar-refractivity contribution in [2.45, 2.75) is 19.1 Å². The van der Waals surface area contributed by atoms with E-state index in [0.29, 0.717) is 23.2 Å². The number of nitrogens with zero attached hydrogens (tertiary/aromatic N) is 2. The zero-order valence-corrected chi connectivity index (χ0v) is 16.5. The molecule has 0 aliphatic carbocycles. The number of rotatable bonds is 7. The van der Waals surface area contributed by atoms with Crippen LogP contribution in [0, 0.1) is 6.92 Å². The Morgan fingerprint density at radius 1 is 1.00 bits per heavy atom. The van der Waals surface area contributed by atoms with Crippen LogP contribution in [0.5, 0.6) is 0 Å². The molecular weight excluding hydrogens is 390 g/mol. The van der Waals surface area contributed by atoms with Gasteiger partial charge in [-0.2, -0.15) is 4.98 Å². The van der Waals surface area contributed by atoms with Gasteiger partial charge in [-0.1, -0.05) is 53.2 Å². The molecule has 4 aromatic rings. The van der Waals surface area contributed by atoms with Gasteiger partial charge in [0, 0.05) is 0 Å². The maximum absolute atomic E-state index is 12.6. The fraction of sp³-hybridized carbons (Fsp3) is 0.143. The van der Waals surface area contributed by atoms with E-state index in [2.05, 4.69) is 14.9 Å². The fourth-order valence-corrected chi connectivity index (χ4v) is 4.11. The molecule has 8 heteroatoms. The SMILES string of the molecule is Cc1ccc(CS(=O)(=O)Nc2ccccc2Cc2nc(-c3ccco3)no2)cc1. The average Bonchev–Trinajstić information content (AvgIpc) is 3.36. The van der Waals surface area contributed by atoms with Gasteiger partial charge in [0.05, 0.1) is 24.1 Å². The number of benzene rings is 2. The largest absolute Gasteiger partial charge is 0.461 e. The second-order valence-corrected chi connectivity index (χ2v) is 8.39. The molecule has 29 heavy (non-hydrogen) atoms. The average molecular weight is 409 g/mol. The third kappa shape index (κ3) is 4.72. The molecule has 7 nitrogen and oxygen atoms in total. The fourth-order valence-electron chi connectivity index (χ4n) is 2.88. The number of aromatic nitrogens is 2. The summed E-state index contributed by atoms with van der Waals surface area (Å²) in [5.41, 5.74) is 3.02. The van der Waals surface area contributed by atoms with Crippen LogP contribution in [-0.2, 0) is 22.2 Å². The number of para-hydroxylation sites is 1. The van der Waals surface area contributed by atoms with Crippen LogP contribution in [0.1, 0.15) is 22.6 Å². The highest BCUT2D eigenvalue weighted by atomic mass is 32.2. The van der Waals surface area contributed by atoms with Crippen molar-refractivity contribution in [2.75, 3.05) is 4.72 Å². The molecular formula is C21H19N3O4S. The number of aryl methyl sites for hydroxylation is 1. The molecule has 0 fully saturated rings. The van der Waals surface area contributed by atoms with E-state index in [1.54, 1.807) is 24.3 Å². The molecule has 0 saturated heterocycles. The van der Waals surface area contributed by atoms with Gasteiger partial charge in [-0.25, -0.2) is 8.42 Å². The van der Waals surface area contributed by atoms with Gasteiger partial charge in [0.15, 0.2) is 5.76 Å². The molecule has 0 amide bonds. The van der Waals surface area contributed by atoms with Crippen LogP contribution < -0.4 is 4.72 Å². The first kappa shape index (κ1) is 18.9. The summed E-state index contributed by atoms with van der Waals surface area (Å²) >= 11 is 0. The van der Waals surface area contributed by atoms with Gasteiger partial charge in [-0.15, -0.1) is 0 Å². The zero-order chi connectivity index (χ0) is 20.3. The van der Waals surface area contributed by atoms with E-state index in [9.17, 15) is 8.42 Å². The molecule has 0 radical (unpaired) electrons. The summed E-state index contributed by atoms with van der Waals surface area (Å²) in [6.45, 7) is 1.96. The van der Waals surface area contributed by atoms with Crippen LogP contribution in [0.2, 0.25) is 0 Å². The minimum Gasteiger partial charge on any atom is -0.461 e. The van der Waals surface area contributed by atoms with E-state index in [-0.39, 0.29) is 12.2 Å². The van der Waals surface area contributed by atoms with Gasteiger partial charge in [-0.3, -0.25) is 4.72 Å². The lowest BCUT2D eigenvalue weighted by Gasteiger charge is -2.12. The van der Waals surface area contributed by atoms with Crippen LogP contribution in [0.4, 0.5) is 5.69 Å². The summed E-state index contributed by atoms with van der Waals surface area (Å²) in [6.07, 6.45) is 1.82.